The maximum absolute atomic E-state index is 15.0. The zero-order valence-corrected chi connectivity index (χ0v) is 21.6. The van der Waals surface area contributed by atoms with E-state index in [1.165, 1.54) is 27.6 Å². The molecule has 188 valence electrons. The van der Waals surface area contributed by atoms with Crippen LogP contribution in [-0.2, 0) is 11.4 Å². The molecular weight excluding hydrogens is 477 g/mol. The number of rotatable bonds is 7. The highest BCUT2D eigenvalue weighted by atomic mass is 32.1. The third-order valence-corrected chi connectivity index (χ3v) is 8.36. The van der Waals surface area contributed by atoms with Crippen molar-refractivity contribution in [2.45, 2.75) is 33.8 Å². The van der Waals surface area contributed by atoms with Gasteiger partial charge in [0.25, 0.3) is 0 Å². The first-order valence-electron chi connectivity index (χ1n) is 12.1. The van der Waals surface area contributed by atoms with Gasteiger partial charge in [-0.05, 0) is 62.1 Å². The van der Waals surface area contributed by atoms with Crippen LogP contribution in [-0.4, -0.2) is 42.2 Å². The van der Waals surface area contributed by atoms with Crippen molar-refractivity contribution in [3.05, 3.63) is 74.7 Å². The van der Waals surface area contributed by atoms with Crippen LogP contribution in [0.25, 0.3) is 17.2 Å². The zero-order chi connectivity index (χ0) is 25.4. The number of aliphatic carboxylic acids is 1. The molecule has 0 saturated carbocycles. The van der Waals surface area contributed by atoms with Crippen molar-refractivity contribution >= 4 is 23.4 Å². The molecule has 0 radical (unpaired) electrons. The van der Waals surface area contributed by atoms with Gasteiger partial charge >= 0.3 is 5.97 Å². The Labute approximate surface area is 214 Å². The molecule has 1 saturated heterocycles. The number of ether oxygens (including phenoxy) is 2. The van der Waals surface area contributed by atoms with E-state index in [4.69, 9.17) is 9.47 Å². The lowest BCUT2D eigenvalue weighted by Gasteiger charge is -2.24. The SMILES string of the molecule is Cc1sc(COc2cc(F)c3c(c2)OCC(CN2CCC(C)(C(=O)O)C2)=C3)c(C)c1-c1ccccc1. The quantitative estimate of drug-likeness (QED) is 0.405. The summed E-state index contributed by atoms with van der Waals surface area (Å²) in [5, 5.41) is 9.46. The Kier molecular flexibility index (Phi) is 6.62. The number of carbonyl (C=O) groups is 1. The van der Waals surface area contributed by atoms with Crippen LogP contribution >= 0.6 is 11.3 Å². The van der Waals surface area contributed by atoms with E-state index in [0.29, 0.717) is 56.3 Å². The van der Waals surface area contributed by atoms with Crippen molar-refractivity contribution in [3.63, 3.8) is 0 Å². The summed E-state index contributed by atoms with van der Waals surface area (Å²) in [5.41, 5.74) is 4.23. The summed E-state index contributed by atoms with van der Waals surface area (Å²) in [4.78, 5) is 16.0. The zero-order valence-electron chi connectivity index (χ0n) is 20.8. The number of hydrogen-bond acceptors (Lipinski definition) is 5. The number of halogens is 1. The molecule has 36 heavy (non-hydrogen) atoms. The van der Waals surface area contributed by atoms with Gasteiger partial charge in [0, 0.05) is 35.0 Å². The minimum Gasteiger partial charge on any atom is -0.488 e. The largest absolute Gasteiger partial charge is 0.488 e. The maximum atomic E-state index is 15.0. The molecule has 5 rings (SSSR count). The molecule has 7 heteroatoms. The summed E-state index contributed by atoms with van der Waals surface area (Å²) in [5.74, 6) is -0.256. The molecule has 0 bridgehead atoms. The second-order valence-corrected chi connectivity index (χ2v) is 11.3. The van der Waals surface area contributed by atoms with E-state index in [1.807, 2.05) is 24.3 Å². The Morgan fingerprint density at radius 2 is 2.03 bits per heavy atom. The van der Waals surface area contributed by atoms with E-state index in [0.717, 1.165) is 10.5 Å². The van der Waals surface area contributed by atoms with Crippen LogP contribution in [0.15, 0.2) is 48.0 Å². The maximum Gasteiger partial charge on any atom is 0.310 e. The topological polar surface area (TPSA) is 59.0 Å². The molecule has 2 aliphatic rings. The summed E-state index contributed by atoms with van der Waals surface area (Å²) in [6.07, 6.45) is 2.44. The number of fused-ring (bicyclic) bond motifs is 1. The molecule has 3 aromatic rings. The molecule has 1 unspecified atom stereocenters. The summed E-state index contributed by atoms with van der Waals surface area (Å²) < 4.78 is 27.0. The van der Waals surface area contributed by atoms with E-state index >= 15 is 4.39 Å². The lowest BCUT2D eigenvalue weighted by atomic mass is 9.90. The Balaban J connectivity index is 1.28. The first kappa shape index (κ1) is 24.5. The molecule has 0 aliphatic carbocycles. The molecule has 1 fully saturated rings. The van der Waals surface area contributed by atoms with Gasteiger partial charge < -0.3 is 14.6 Å². The fourth-order valence-corrected chi connectivity index (χ4v) is 6.22. The molecule has 1 aromatic heterocycles. The van der Waals surface area contributed by atoms with E-state index in [-0.39, 0.29) is 5.82 Å². The van der Waals surface area contributed by atoms with Crippen molar-refractivity contribution in [1.29, 1.82) is 0 Å². The number of nitrogens with zero attached hydrogens (tertiary/aromatic N) is 1. The number of carboxylic acid groups (broad SMARTS) is 1. The molecule has 2 aromatic carbocycles. The van der Waals surface area contributed by atoms with Gasteiger partial charge in [-0.25, -0.2) is 4.39 Å². The van der Waals surface area contributed by atoms with Crippen LogP contribution in [0.1, 0.15) is 34.2 Å². The summed E-state index contributed by atoms with van der Waals surface area (Å²) in [6.45, 7) is 8.46. The first-order chi connectivity index (χ1) is 17.2. The molecule has 5 nitrogen and oxygen atoms in total. The minimum absolute atomic E-state index is 0.347. The molecule has 1 N–H and O–H groups in total. The molecule has 0 spiro atoms. The van der Waals surface area contributed by atoms with Crippen molar-refractivity contribution in [3.8, 4) is 22.6 Å². The average molecular weight is 508 g/mol. The smallest absolute Gasteiger partial charge is 0.310 e. The molecule has 0 amide bonds. The second-order valence-electron chi connectivity index (χ2n) is 9.97. The summed E-state index contributed by atoms with van der Waals surface area (Å²) >= 11 is 1.70. The fraction of sp³-hybridized carbons (Fsp3) is 0.345. The molecule has 3 heterocycles. The van der Waals surface area contributed by atoms with Crippen LogP contribution in [0, 0.1) is 25.1 Å². The van der Waals surface area contributed by atoms with E-state index in [1.54, 1.807) is 24.3 Å². The number of likely N-dealkylation sites (tertiary alicyclic amines) is 1. The standard InChI is InChI=1S/C29H30FNO4S/c1-18-26(36-19(2)27(18)21-7-5-4-6-8-21)16-34-22-12-24(30)23-11-20(15-35-25(23)13-22)14-31-10-9-29(3,17-31)28(32)33/h4-8,11-13H,9-10,14-17H2,1-3H3,(H,32,33). The van der Waals surface area contributed by atoms with Crippen molar-refractivity contribution in [2.75, 3.05) is 26.2 Å². The molecule has 1 atom stereocenters. The third kappa shape index (κ3) is 4.77. The van der Waals surface area contributed by atoms with Gasteiger partial charge in [-0.15, -0.1) is 11.3 Å². The number of carboxylic acids is 1. The normalized spacial score (nSPS) is 19.5. The lowest BCUT2D eigenvalue weighted by Crippen LogP contribution is -2.33. The predicted octanol–water partition coefficient (Wildman–Crippen LogP) is 6.32. The van der Waals surface area contributed by atoms with Crippen LogP contribution < -0.4 is 9.47 Å². The van der Waals surface area contributed by atoms with Crippen LogP contribution in [0.2, 0.25) is 0 Å². The van der Waals surface area contributed by atoms with Gasteiger partial charge in [0.2, 0.25) is 0 Å². The average Bonchev–Trinajstić information content (AvgIpc) is 3.37. The summed E-state index contributed by atoms with van der Waals surface area (Å²) in [7, 11) is 0. The first-order valence-corrected chi connectivity index (χ1v) is 12.9. The Morgan fingerprint density at radius 1 is 1.25 bits per heavy atom. The highest BCUT2D eigenvalue weighted by Gasteiger charge is 2.40. The monoisotopic (exact) mass is 507 g/mol. The fourth-order valence-electron chi connectivity index (χ4n) is 5.10. The van der Waals surface area contributed by atoms with Crippen molar-refractivity contribution in [2.24, 2.45) is 5.41 Å². The van der Waals surface area contributed by atoms with Gasteiger partial charge in [0.15, 0.2) is 0 Å². The highest BCUT2D eigenvalue weighted by Crippen LogP contribution is 2.38. The Hall–Kier alpha value is -3.16. The van der Waals surface area contributed by atoms with Crippen LogP contribution in [0.3, 0.4) is 0 Å². The summed E-state index contributed by atoms with van der Waals surface area (Å²) in [6, 6.07) is 13.5. The highest BCUT2D eigenvalue weighted by molar-refractivity contribution is 7.12. The number of hydrogen-bond donors (Lipinski definition) is 1. The van der Waals surface area contributed by atoms with Gasteiger partial charge in [-0.2, -0.15) is 0 Å². The van der Waals surface area contributed by atoms with Crippen molar-refractivity contribution < 1.29 is 23.8 Å². The van der Waals surface area contributed by atoms with Gasteiger partial charge in [-0.1, -0.05) is 30.3 Å². The Morgan fingerprint density at radius 3 is 2.75 bits per heavy atom. The van der Waals surface area contributed by atoms with Crippen LogP contribution in [0.4, 0.5) is 4.39 Å². The van der Waals surface area contributed by atoms with Gasteiger partial charge in [-0.3, -0.25) is 9.69 Å². The van der Waals surface area contributed by atoms with Gasteiger partial charge in [0.1, 0.15) is 30.5 Å². The Bertz CT molecular complexity index is 1330. The predicted molar refractivity (Wildman–Crippen MR) is 140 cm³/mol. The molecular formula is C29H30FNO4S. The second kappa shape index (κ2) is 9.71. The van der Waals surface area contributed by atoms with E-state index in [2.05, 4.69) is 30.9 Å². The lowest BCUT2D eigenvalue weighted by molar-refractivity contribution is -0.147. The van der Waals surface area contributed by atoms with E-state index in [9.17, 15) is 9.90 Å². The van der Waals surface area contributed by atoms with Crippen LogP contribution in [0.5, 0.6) is 11.5 Å². The number of aryl methyl sites for hydroxylation is 1. The van der Waals surface area contributed by atoms with Gasteiger partial charge in [0.05, 0.1) is 11.0 Å². The number of thiophene rings is 1. The number of benzene rings is 2. The third-order valence-electron chi connectivity index (χ3n) is 7.18. The van der Waals surface area contributed by atoms with Crippen molar-refractivity contribution in [1.82, 2.24) is 4.90 Å². The minimum atomic E-state index is -0.771. The van der Waals surface area contributed by atoms with E-state index < -0.39 is 11.4 Å². The molecule has 2 aliphatic heterocycles.